The summed E-state index contributed by atoms with van der Waals surface area (Å²) in [5.41, 5.74) is 9.77. The third-order valence-corrected chi connectivity index (χ3v) is 13.1. The quantitative estimate of drug-likeness (QED) is 0.0464. The van der Waals surface area contributed by atoms with Crippen molar-refractivity contribution in [2.24, 2.45) is 39.7 Å². The number of esters is 2. The molecule has 0 atom stereocenters. The summed E-state index contributed by atoms with van der Waals surface area (Å²) in [4.78, 5) is 82.8. The molecule has 0 aliphatic heterocycles. The van der Waals surface area contributed by atoms with Crippen LogP contribution in [0.4, 0.5) is 0 Å². The molecular formula is C51H60N17O9P. The van der Waals surface area contributed by atoms with Crippen LogP contribution in [-0.2, 0) is 68.1 Å². The van der Waals surface area contributed by atoms with Crippen LogP contribution in [0.25, 0.3) is 18.2 Å². The van der Waals surface area contributed by atoms with Crippen LogP contribution >= 0.6 is 6.89 Å². The maximum Gasteiger partial charge on any atom is 0.331 e. The van der Waals surface area contributed by atoms with Crippen LogP contribution in [0.3, 0.4) is 0 Å². The number of primary amides is 2. The summed E-state index contributed by atoms with van der Waals surface area (Å²) in [7, 11) is 6.93. The number of aldehydes is 1. The van der Waals surface area contributed by atoms with Gasteiger partial charge in [0.05, 0.1) is 13.2 Å². The predicted molar refractivity (Wildman–Crippen MR) is 292 cm³/mol. The normalized spacial score (nSPS) is 10.4. The Morgan fingerprint density at radius 3 is 1.29 bits per heavy atom. The number of aromatic amines is 1. The third kappa shape index (κ3) is 23.8. The summed E-state index contributed by atoms with van der Waals surface area (Å²) in [6, 6.07) is 30.7. The zero-order valence-corrected chi connectivity index (χ0v) is 44.5. The van der Waals surface area contributed by atoms with Gasteiger partial charge >= 0.3 is 17.9 Å². The molecule has 0 saturated heterocycles. The number of aliphatic carboxylic acids is 1. The molecule has 0 aliphatic carbocycles. The van der Waals surface area contributed by atoms with Gasteiger partial charge in [0.1, 0.15) is 37.5 Å². The molecule has 5 heterocycles. The first kappa shape index (κ1) is 62.2. The van der Waals surface area contributed by atoms with Crippen LogP contribution in [0.2, 0.25) is 0 Å². The summed E-state index contributed by atoms with van der Waals surface area (Å²) in [5.74, 6) is 1.62. The number of amides is 2. The molecule has 0 bridgehead atoms. The molecule has 8 rings (SSSR count). The molecule has 0 spiro atoms. The lowest BCUT2D eigenvalue weighted by Crippen LogP contribution is -2.29. The standard InChI is InChI=1S/C22H21O2P.C8H11N3O2.C6H8N4O.C6H7N3O2.C5H8N4O.C4H5N3O/c1-2-24-22(23)18-25(19-12-6-3-7-13-19,20-14-8-4-9-15-20)21-16-10-5-11-17-21;1-3-13-8(12)5-4-7-9-6-11(2)10-7;1-10-4-8-6(9-10)3-2-5(7)11;1-9-4-7-5(8-9)2-3-6(10)11;6-4(10)1-2-5-7-3-8-9-5;1-7-3-5-4(2-8)6-7/h3-18H,2H2,1H3;4-6H,3H2,1-2H3;2-4H,1H3,(H2,7,11);2-4H,1H3,(H,10,11);3H,1-2H2,(H2,6,10)(H,7,8,9);2-3H,1H3/b;5-4+;2*3-2+;;. The third-order valence-electron chi connectivity index (χ3n) is 9.15. The van der Waals surface area contributed by atoms with Gasteiger partial charge in [0, 0.05) is 65.1 Å². The fourth-order valence-corrected chi connectivity index (χ4v) is 9.59. The summed E-state index contributed by atoms with van der Waals surface area (Å²) in [5, 5.41) is 33.2. The Morgan fingerprint density at radius 2 is 0.974 bits per heavy atom. The molecule has 0 radical (unpaired) electrons. The van der Waals surface area contributed by atoms with Gasteiger partial charge in [0.2, 0.25) is 17.6 Å². The van der Waals surface area contributed by atoms with Crippen molar-refractivity contribution in [3.05, 3.63) is 170 Å². The number of ether oxygens (including phenoxy) is 2. The molecule has 2 amide bonds. The van der Waals surface area contributed by atoms with Gasteiger partial charge in [-0.1, -0.05) is 91.0 Å². The fraction of sp³-hybridized carbons (Fsp3) is 0.196. The van der Waals surface area contributed by atoms with Gasteiger partial charge in [-0.3, -0.25) is 38.2 Å². The lowest BCUT2D eigenvalue weighted by molar-refractivity contribution is -0.137. The fourth-order valence-electron chi connectivity index (χ4n) is 5.93. The Hall–Kier alpha value is -10.1. The number of nitrogens with zero attached hydrogens (tertiary/aromatic N) is 14. The average Bonchev–Trinajstić information content (AvgIpc) is 4.34. The highest BCUT2D eigenvalue weighted by Gasteiger charge is 2.26. The van der Waals surface area contributed by atoms with Crippen LogP contribution in [-0.4, -0.2) is 134 Å². The van der Waals surface area contributed by atoms with Gasteiger partial charge in [0.25, 0.3) is 0 Å². The Balaban J connectivity index is 0.000000260. The number of aryl methyl sites for hydroxylation is 5. The van der Waals surface area contributed by atoms with E-state index in [2.05, 4.69) is 96.6 Å². The zero-order valence-electron chi connectivity index (χ0n) is 43.6. The van der Waals surface area contributed by atoms with Crippen LogP contribution < -0.4 is 27.4 Å². The van der Waals surface area contributed by atoms with Crippen LogP contribution in [0, 0.1) is 0 Å². The number of hydrogen-bond donors (Lipinski definition) is 4. The molecule has 5 aromatic heterocycles. The Kier molecular flexibility index (Phi) is 27.4. The maximum absolute atomic E-state index is 12.5. The monoisotopic (exact) mass is 1090 g/mol. The minimum absolute atomic E-state index is 0.229. The van der Waals surface area contributed by atoms with Crippen molar-refractivity contribution in [2.45, 2.75) is 26.7 Å². The number of carboxylic acid groups (broad SMARTS) is 1. The first-order valence-electron chi connectivity index (χ1n) is 23.3. The van der Waals surface area contributed by atoms with Crippen molar-refractivity contribution in [2.75, 3.05) is 13.2 Å². The SMILES string of the molecule is CCOC(=O)/C=C/c1ncn(C)n1.CCOC(=O)C=P(c1ccccc1)(c1ccccc1)c1ccccc1.Cn1cnc(/C=C/C(=O)O)n1.Cn1cnc(/C=C/C(N)=O)n1.Cn1cnc(C=O)n1.NC(=O)CCc1ncn[nH]1. The first-order chi connectivity index (χ1) is 37.5. The average molecular weight is 1090 g/mol. The van der Waals surface area contributed by atoms with E-state index in [1.54, 1.807) is 62.9 Å². The predicted octanol–water partition coefficient (Wildman–Crippen LogP) is 1.81. The minimum Gasteiger partial charge on any atom is -0.478 e. The van der Waals surface area contributed by atoms with E-state index in [9.17, 15) is 28.8 Å². The second kappa shape index (κ2) is 34.4. The summed E-state index contributed by atoms with van der Waals surface area (Å²) >= 11 is 0. The van der Waals surface area contributed by atoms with Crippen molar-refractivity contribution in [1.82, 2.24) is 74.2 Å². The van der Waals surface area contributed by atoms with Crippen molar-refractivity contribution in [3.8, 4) is 0 Å². The molecule has 8 aromatic rings. The number of H-pyrrole nitrogens is 1. The highest BCUT2D eigenvalue weighted by atomic mass is 31.2. The van der Waals surface area contributed by atoms with Gasteiger partial charge in [-0.15, -0.1) is 5.10 Å². The van der Waals surface area contributed by atoms with Gasteiger partial charge in [-0.25, -0.2) is 39.3 Å². The van der Waals surface area contributed by atoms with Crippen LogP contribution in [0.15, 0.2) is 141 Å². The van der Waals surface area contributed by atoms with Gasteiger partial charge in [-0.05, 0) is 54.9 Å². The zero-order chi connectivity index (χ0) is 57.1. The Bertz CT molecular complexity index is 3060. The number of nitrogens with one attached hydrogen (secondary N) is 1. The smallest absolute Gasteiger partial charge is 0.331 e. The molecular weight excluding hydrogens is 1030 g/mol. The van der Waals surface area contributed by atoms with Crippen LogP contribution in [0.1, 0.15) is 54.2 Å². The molecule has 6 N–H and O–H groups in total. The lowest BCUT2D eigenvalue weighted by Gasteiger charge is -2.28. The van der Waals surface area contributed by atoms with E-state index in [0.29, 0.717) is 55.6 Å². The minimum atomic E-state index is -2.24. The number of aromatic nitrogens is 15. The van der Waals surface area contributed by atoms with Gasteiger partial charge < -0.3 is 26.0 Å². The number of nitrogens with two attached hydrogens (primary N) is 2. The number of rotatable bonds is 16. The molecule has 78 heavy (non-hydrogen) atoms. The largest absolute Gasteiger partial charge is 0.478 e. The Morgan fingerprint density at radius 1 is 0.577 bits per heavy atom. The van der Waals surface area contributed by atoms with E-state index in [-0.39, 0.29) is 23.7 Å². The number of carbonyl (C=O) groups is 6. The van der Waals surface area contributed by atoms with E-state index in [1.807, 2.05) is 61.5 Å². The summed E-state index contributed by atoms with van der Waals surface area (Å²) < 4.78 is 16.1. The van der Waals surface area contributed by atoms with E-state index in [4.69, 9.17) is 21.3 Å². The molecule has 27 heteroatoms. The van der Waals surface area contributed by atoms with Crippen molar-refractivity contribution in [3.63, 3.8) is 0 Å². The van der Waals surface area contributed by atoms with Crippen molar-refractivity contribution < 1.29 is 43.3 Å². The molecule has 0 saturated carbocycles. The highest BCUT2D eigenvalue weighted by Crippen LogP contribution is 2.43. The molecule has 0 aliphatic rings. The topological polar surface area (TPSA) is 358 Å². The lowest BCUT2D eigenvalue weighted by atomic mass is 10.3. The van der Waals surface area contributed by atoms with E-state index < -0.39 is 18.8 Å². The molecule has 26 nitrogen and oxygen atoms in total. The second-order valence-electron chi connectivity index (χ2n) is 15.2. The van der Waals surface area contributed by atoms with E-state index >= 15 is 0 Å². The molecule has 408 valence electrons. The highest BCUT2D eigenvalue weighted by molar-refractivity contribution is 7.95. The summed E-state index contributed by atoms with van der Waals surface area (Å²) in [6.07, 6.45) is 16.8. The van der Waals surface area contributed by atoms with E-state index in [1.165, 1.54) is 58.7 Å². The number of carbonyl (C=O) groups excluding carboxylic acids is 5. The summed E-state index contributed by atoms with van der Waals surface area (Å²) in [6.45, 7) is 2.09. The van der Waals surface area contributed by atoms with E-state index in [0.717, 1.165) is 22.0 Å². The Labute approximate surface area is 448 Å². The number of hydrogen-bond acceptors (Lipinski definition) is 18. The number of benzene rings is 3. The van der Waals surface area contributed by atoms with Crippen molar-refractivity contribution >= 4 is 82.8 Å². The molecule has 0 unspecified atom stereocenters. The van der Waals surface area contributed by atoms with Gasteiger partial charge in [-0.2, -0.15) is 20.4 Å². The van der Waals surface area contributed by atoms with Gasteiger partial charge in [0.15, 0.2) is 23.8 Å². The van der Waals surface area contributed by atoms with Crippen LogP contribution in [0.5, 0.6) is 0 Å². The first-order valence-corrected chi connectivity index (χ1v) is 25.1. The van der Waals surface area contributed by atoms with Crippen molar-refractivity contribution in [1.29, 1.82) is 0 Å². The maximum atomic E-state index is 12.5. The molecule has 3 aromatic carbocycles. The second-order valence-corrected chi connectivity index (χ2v) is 18.5. The molecule has 0 fully saturated rings. The number of carboxylic acids is 1.